The number of rotatable bonds is 4. The molecule has 1 aromatic heterocycles. The smallest absolute Gasteiger partial charge is 0.338 e. The number of ether oxygens (including phenoxy) is 2. The van der Waals surface area contributed by atoms with Crippen LogP contribution in [0.1, 0.15) is 29.9 Å². The summed E-state index contributed by atoms with van der Waals surface area (Å²) in [4.78, 5) is 26.1. The molecule has 1 fully saturated rings. The monoisotopic (exact) mass is 357 g/mol. The van der Waals surface area contributed by atoms with Crippen molar-refractivity contribution in [1.82, 2.24) is 14.7 Å². The maximum absolute atomic E-state index is 12.3. The van der Waals surface area contributed by atoms with Gasteiger partial charge in [-0.1, -0.05) is 0 Å². The van der Waals surface area contributed by atoms with Gasteiger partial charge in [0.25, 0.3) is 5.91 Å². The topological polar surface area (TPSA) is 73.7 Å². The molecule has 0 spiro atoms. The van der Waals surface area contributed by atoms with Crippen molar-refractivity contribution in [1.29, 1.82) is 0 Å². The molecule has 7 heteroatoms. The minimum atomic E-state index is -0.517. The van der Waals surface area contributed by atoms with Crippen molar-refractivity contribution in [3.8, 4) is 5.69 Å². The quantitative estimate of drug-likeness (QED) is 0.782. The molecule has 26 heavy (non-hydrogen) atoms. The van der Waals surface area contributed by atoms with E-state index in [-0.39, 0.29) is 24.7 Å². The van der Waals surface area contributed by atoms with E-state index >= 15 is 0 Å². The summed E-state index contributed by atoms with van der Waals surface area (Å²) in [7, 11) is 0. The number of hydrogen-bond donors (Lipinski definition) is 0. The van der Waals surface area contributed by atoms with E-state index in [0.29, 0.717) is 18.7 Å². The Morgan fingerprint density at radius 3 is 2.38 bits per heavy atom. The molecule has 3 rings (SSSR count). The van der Waals surface area contributed by atoms with Gasteiger partial charge in [0.15, 0.2) is 6.61 Å². The molecule has 2 heterocycles. The van der Waals surface area contributed by atoms with Crippen molar-refractivity contribution in [3.05, 3.63) is 47.8 Å². The number of aromatic nitrogens is 2. The second-order valence-electron chi connectivity index (χ2n) is 6.56. The summed E-state index contributed by atoms with van der Waals surface area (Å²) < 4.78 is 12.6. The highest BCUT2D eigenvalue weighted by atomic mass is 16.5. The lowest BCUT2D eigenvalue weighted by Gasteiger charge is -2.35. The van der Waals surface area contributed by atoms with Gasteiger partial charge in [-0.15, -0.1) is 0 Å². The minimum absolute atomic E-state index is 0.0169. The lowest BCUT2D eigenvalue weighted by Crippen LogP contribution is -2.49. The molecule has 138 valence electrons. The molecule has 1 aromatic carbocycles. The number of carbonyl (C=O) groups excluding carboxylic acids is 2. The Bertz CT molecular complexity index is 774. The number of carbonyl (C=O) groups is 2. The van der Waals surface area contributed by atoms with Crippen LogP contribution in [0.3, 0.4) is 0 Å². The minimum Gasteiger partial charge on any atom is -0.452 e. The lowest BCUT2D eigenvalue weighted by atomic mass is 10.2. The summed E-state index contributed by atoms with van der Waals surface area (Å²) in [5.41, 5.74) is 2.26. The molecule has 0 aliphatic carbocycles. The Labute approximate surface area is 152 Å². The molecule has 0 radical (unpaired) electrons. The Balaban J connectivity index is 1.56. The molecule has 0 bridgehead atoms. The van der Waals surface area contributed by atoms with Gasteiger partial charge in [0.05, 0.1) is 23.5 Å². The van der Waals surface area contributed by atoms with Gasteiger partial charge in [0.2, 0.25) is 0 Å². The molecule has 0 N–H and O–H groups in total. The van der Waals surface area contributed by atoms with Gasteiger partial charge in [-0.2, -0.15) is 5.10 Å². The van der Waals surface area contributed by atoms with Crippen LogP contribution in [0.2, 0.25) is 0 Å². The summed E-state index contributed by atoms with van der Waals surface area (Å²) in [5.74, 6) is -0.722. The number of morpholine rings is 1. The van der Waals surface area contributed by atoms with Crippen LogP contribution in [0.15, 0.2) is 36.5 Å². The van der Waals surface area contributed by atoms with Gasteiger partial charge in [-0.05, 0) is 51.1 Å². The number of hydrogen-bond acceptors (Lipinski definition) is 5. The number of esters is 1. The largest absolute Gasteiger partial charge is 0.452 e. The molecule has 2 aromatic rings. The van der Waals surface area contributed by atoms with Gasteiger partial charge >= 0.3 is 5.97 Å². The van der Waals surface area contributed by atoms with E-state index in [0.717, 1.165) is 11.4 Å². The molecule has 1 aliphatic rings. The van der Waals surface area contributed by atoms with Crippen molar-refractivity contribution in [2.24, 2.45) is 0 Å². The first-order valence-corrected chi connectivity index (χ1v) is 8.65. The van der Waals surface area contributed by atoms with Crippen LogP contribution < -0.4 is 0 Å². The molecule has 0 unspecified atom stereocenters. The first kappa shape index (κ1) is 18.1. The summed E-state index contributed by atoms with van der Waals surface area (Å²) >= 11 is 0. The third-order valence-electron chi connectivity index (χ3n) is 4.28. The van der Waals surface area contributed by atoms with Crippen molar-refractivity contribution >= 4 is 11.9 Å². The zero-order chi connectivity index (χ0) is 18.7. The van der Waals surface area contributed by atoms with Gasteiger partial charge in [0.1, 0.15) is 0 Å². The zero-order valence-electron chi connectivity index (χ0n) is 15.2. The molecule has 2 atom stereocenters. The molecular weight excluding hydrogens is 334 g/mol. The third kappa shape index (κ3) is 4.11. The van der Waals surface area contributed by atoms with Crippen LogP contribution in [0.5, 0.6) is 0 Å². The van der Waals surface area contributed by atoms with Crippen molar-refractivity contribution in [2.75, 3.05) is 19.7 Å². The number of amides is 1. The fourth-order valence-electron chi connectivity index (χ4n) is 3.06. The first-order chi connectivity index (χ1) is 12.4. The highest BCUT2D eigenvalue weighted by Gasteiger charge is 2.26. The van der Waals surface area contributed by atoms with E-state index in [1.54, 1.807) is 40.0 Å². The lowest BCUT2D eigenvalue weighted by molar-refractivity contribution is -0.146. The number of aryl methyl sites for hydroxylation is 1. The SMILES string of the molecule is Cc1ccnn1-c1ccc(C(=O)OCC(=O)N2C[C@H](C)O[C@@H](C)C2)cc1. The average molecular weight is 357 g/mol. The van der Waals surface area contributed by atoms with E-state index in [4.69, 9.17) is 9.47 Å². The highest BCUT2D eigenvalue weighted by Crippen LogP contribution is 2.13. The van der Waals surface area contributed by atoms with E-state index in [1.165, 1.54) is 0 Å². The maximum atomic E-state index is 12.3. The van der Waals surface area contributed by atoms with E-state index in [9.17, 15) is 9.59 Å². The standard InChI is InChI=1S/C19H23N3O4/c1-13-8-9-20-22(13)17-6-4-16(5-7-17)19(24)25-12-18(23)21-10-14(2)26-15(3)11-21/h4-9,14-15H,10-12H2,1-3H3/t14-,15-/m0/s1. The second-order valence-corrected chi connectivity index (χ2v) is 6.56. The predicted octanol–water partition coefficient (Wildman–Crippen LogP) is 1.97. The fraction of sp³-hybridized carbons (Fsp3) is 0.421. The molecular formula is C19H23N3O4. The van der Waals surface area contributed by atoms with Crippen LogP contribution >= 0.6 is 0 Å². The Kier molecular flexibility index (Phi) is 5.37. The first-order valence-electron chi connectivity index (χ1n) is 8.65. The van der Waals surface area contributed by atoms with Crippen molar-refractivity contribution < 1.29 is 19.1 Å². The third-order valence-corrected chi connectivity index (χ3v) is 4.28. The summed E-state index contributed by atoms with van der Waals surface area (Å²) in [6, 6.07) is 8.83. The zero-order valence-corrected chi connectivity index (χ0v) is 15.2. The number of benzene rings is 1. The molecule has 1 amide bonds. The Morgan fingerprint density at radius 2 is 1.81 bits per heavy atom. The predicted molar refractivity (Wildman–Crippen MR) is 95.2 cm³/mol. The normalized spacial score (nSPS) is 20.0. The second kappa shape index (κ2) is 7.70. The Morgan fingerprint density at radius 1 is 1.15 bits per heavy atom. The van der Waals surface area contributed by atoms with Gasteiger partial charge in [-0.3, -0.25) is 4.79 Å². The Hall–Kier alpha value is -2.67. The van der Waals surface area contributed by atoms with Crippen molar-refractivity contribution in [3.63, 3.8) is 0 Å². The molecule has 7 nitrogen and oxygen atoms in total. The fourth-order valence-corrected chi connectivity index (χ4v) is 3.06. The molecule has 1 aliphatic heterocycles. The summed E-state index contributed by atoms with van der Waals surface area (Å²) in [6.45, 7) is 6.55. The van der Waals surface area contributed by atoms with Crippen LogP contribution in [-0.2, 0) is 14.3 Å². The summed E-state index contributed by atoms with van der Waals surface area (Å²) in [5, 5.41) is 4.22. The van der Waals surface area contributed by atoms with Gasteiger partial charge < -0.3 is 14.4 Å². The van der Waals surface area contributed by atoms with Crippen LogP contribution in [0.25, 0.3) is 5.69 Å². The molecule has 1 saturated heterocycles. The van der Waals surface area contributed by atoms with E-state index in [2.05, 4.69) is 5.10 Å². The number of nitrogens with zero attached hydrogens (tertiary/aromatic N) is 3. The van der Waals surface area contributed by atoms with Gasteiger partial charge in [0, 0.05) is 25.0 Å². The van der Waals surface area contributed by atoms with Crippen LogP contribution in [0, 0.1) is 6.92 Å². The summed E-state index contributed by atoms with van der Waals surface area (Å²) in [6.07, 6.45) is 1.68. The van der Waals surface area contributed by atoms with Gasteiger partial charge in [-0.25, -0.2) is 9.48 Å². The average Bonchev–Trinajstić information content (AvgIpc) is 3.04. The molecule has 0 saturated carbocycles. The van der Waals surface area contributed by atoms with Crippen LogP contribution in [0.4, 0.5) is 0 Å². The van der Waals surface area contributed by atoms with E-state index < -0.39 is 5.97 Å². The maximum Gasteiger partial charge on any atom is 0.338 e. The van der Waals surface area contributed by atoms with Crippen LogP contribution in [-0.4, -0.2) is 58.5 Å². The van der Waals surface area contributed by atoms with E-state index in [1.807, 2.05) is 26.8 Å². The van der Waals surface area contributed by atoms with Crippen molar-refractivity contribution in [2.45, 2.75) is 33.0 Å². The highest BCUT2D eigenvalue weighted by molar-refractivity contribution is 5.91.